The number of imidazole rings is 1. The Morgan fingerprint density at radius 3 is 2.95 bits per heavy atom. The molecule has 0 radical (unpaired) electrons. The van der Waals surface area contributed by atoms with Crippen LogP contribution >= 0.6 is 0 Å². The molecule has 0 aliphatic heterocycles. The van der Waals surface area contributed by atoms with Crippen molar-refractivity contribution in [3.05, 3.63) is 36.4 Å². The molecule has 0 aliphatic rings. The number of aryl methyl sites for hydroxylation is 1. The molecule has 2 aromatic heterocycles. The predicted molar refractivity (Wildman–Crippen MR) is 73.3 cm³/mol. The molecule has 0 saturated carbocycles. The Morgan fingerprint density at radius 2 is 2.20 bits per heavy atom. The smallest absolute Gasteiger partial charge is 0.176 e. The monoisotopic (exact) mass is 272 g/mol. The molecule has 3 N–H and O–H groups in total. The summed E-state index contributed by atoms with van der Waals surface area (Å²) in [5.74, 6) is 6.29. The van der Waals surface area contributed by atoms with Crippen LogP contribution in [0.3, 0.4) is 0 Å². The molecule has 1 unspecified atom stereocenters. The minimum atomic E-state index is 0.0109. The Morgan fingerprint density at radius 1 is 1.35 bits per heavy atom. The van der Waals surface area contributed by atoms with Gasteiger partial charge in [-0.1, -0.05) is 12.1 Å². The lowest BCUT2D eigenvalue weighted by Crippen LogP contribution is -2.40. The Kier molecular flexibility index (Phi) is 3.40. The van der Waals surface area contributed by atoms with Gasteiger partial charge in [0.1, 0.15) is 0 Å². The summed E-state index contributed by atoms with van der Waals surface area (Å²) in [6, 6.07) is 8.01. The minimum absolute atomic E-state index is 0.0109. The maximum Gasteiger partial charge on any atom is 0.176 e. The van der Waals surface area contributed by atoms with Gasteiger partial charge in [0.25, 0.3) is 0 Å². The van der Waals surface area contributed by atoms with Gasteiger partial charge >= 0.3 is 0 Å². The van der Waals surface area contributed by atoms with Crippen LogP contribution in [0.15, 0.2) is 30.6 Å². The predicted octanol–water partition coefficient (Wildman–Crippen LogP) is -0.366. The van der Waals surface area contributed by atoms with Gasteiger partial charge in [-0.3, -0.25) is 11.3 Å². The summed E-state index contributed by atoms with van der Waals surface area (Å²) < 4.78 is 2.07. The molecule has 1 atom stereocenters. The van der Waals surface area contributed by atoms with Crippen LogP contribution < -0.4 is 11.3 Å². The number of aromatic nitrogens is 6. The van der Waals surface area contributed by atoms with Gasteiger partial charge in [0.05, 0.1) is 24.4 Å². The van der Waals surface area contributed by atoms with Crippen LogP contribution in [0.2, 0.25) is 0 Å². The van der Waals surface area contributed by atoms with Gasteiger partial charge in [-0.2, -0.15) is 4.80 Å². The van der Waals surface area contributed by atoms with E-state index in [9.17, 15) is 0 Å². The number of para-hydroxylation sites is 2. The molecule has 3 aromatic rings. The number of fused-ring (bicyclic) bond motifs is 1. The number of nitrogens with two attached hydrogens (primary N) is 1. The molecule has 0 saturated heterocycles. The Hall–Kier alpha value is -2.32. The Bertz CT molecular complexity index is 700. The topological polar surface area (TPSA) is 99.5 Å². The van der Waals surface area contributed by atoms with Crippen molar-refractivity contribution in [2.24, 2.45) is 12.9 Å². The maximum absolute atomic E-state index is 5.62. The Balaban J connectivity index is 1.77. The van der Waals surface area contributed by atoms with Gasteiger partial charge in [-0.25, -0.2) is 4.98 Å². The van der Waals surface area contributed by atoms with Crippen LogP contribution in [-0.4, -0.2) is 35.8 Å². The summed E-state index contributed by atoms with van der Waals surface area (Å²) in [6.07, 6.45) is 2.43. The fraction of sp³-hybridized carbons (Fsp3) is 0.333. The second kappa shape index (κ2) is 5.35. The fourth-order valence-corrected chi connectivity index (χ4v) is 2.19. The second-order valence-electron chi connectivity index (χ2n) is 4.65. The highest BCUT2D eigenvalue weighted by Gasteiger charge is 2.13. The molecule has 3 rings (SSSR count). The zero-order valence-corrected chi connectivity index (χ0v) is 11.1. The second-order valence-corrected chi connectivity index (χ2v) is 4.65. The minimum Gasteiger partial charge on any atom is -0.329 e. The van der Waals surface area contributed by atoms with Gasteiger partial charge in [0, 0.05) is 19.0 Å². The largest absolute Gasteiger partial charge is 0.329 e. The number of hydrogen-bond donors (Lipinski definition) is 2. The highest BCUT2D eigenvalue weighted by molar-refractivity contribution is 5.74. The normalized spacial score (nSPS) is 12.9. The average molecular weight is 272 g/mol. The molecule has 0 bridgehead atoms. The van der Waals surface area contributed by atoms with Crippen molar-refractivity contribution in [2.45, 2.75) is 19.0 Å². The summed E-state index contributed by atoms with van der Waals surface area (Å²) >= 11 is 0. The number of hydrazine groups is 1. The highest BCUT2D eigenvalue weighted by Crippen LogP contribution is 2.12. The van der Waals surface area contributed by atoms with E-state index in [4.69, 9.17) is 5.84 Å². The molecule has 20 heavy (non-hydrogen) atoms. The van der Waals surface area contributed by atoms with E-state index in [1.54, 1.807) is 7.05 Å². The number of benzene rings is 1. The molecule has 104 valence electrons. The molecule has 0 amide bonds. The summed E-state index contributed by atoms with van der Waals surface area (Å²) in [7, 11) is 1.74. The lowest BCUT2D eigenvalue weighted by Gasteiger charge is -2.15. The average Bonchev–Trinajstić information content (AvgIpc) is 3.05. The first-order chi connectivity index (χ1) is 9.76. The fourth-order valence-electron chi connectivity index (χ4n) is 2.19. The van der Waals surface area contributed by atoms with E-state index in [2.05, 4.69) is 30.4 Å². The van der Waals surface area contributed by atoms with Crippen molar-refractivity contribution in [3.63, 3.8) is 0 Å². The first-order valence-corrected chi connectivity index (χ1v) is 6.35. The molecule has 0 fully saturated rings. The summed E-state index contributed by atoms with van der Waals surface area (Å²) in [5.41, 5.74) is 4.85. The Labute approximate surface area is 115 Å². The third kappa shape index (κ3) is 2.51. The van der Waals surface area contributed by atoms with Crippen LogP contribution in [0.25, 0.3) is 11.0 Å². The highest BCUT2D eigenvalue weighted by atomic mass is 15.6. The van der Waals surface area contributed by atoms with Crippen LogP contribution in [-0.2, 0) is 20.0 Å². The molecule has 8 nitrogen and oxygen atoms in total. The van der Waals surface area contributed by atoms with E-state index in [-0.39, 0.29) is 6.04 Å². The van der Waals surface area contributed by atoms with E-state index in [0.717, 1.165) is 11.0 Å². The first-order valence-electron chi connectivity index (χ1n) is 6.35. The van der Waals surface area contributed by atoms with Crippen molar-refractivity contribution in [3.8, 4) is 0 Å². The number of nitrogens with zero attached hydrogens (tertiary/aromatic N) is 6. The molecule has 1 aromatic carbocycles. The SMILES string of the molecule is Cn1nnc(CC(Cn2cnc3ccccc32)NN)n1. The van der Waals surface area contributed by atoms with Crippen molar-refractivity contribution < 1.29 is 0 Å². The zero-order chi connectivity index (χ0) is 13.9. The van der Waals surface area contributed by atoms with Crippen molar-refractivity contribution in [1.29, 1.82) is 0 Å². The van der Waals surface area contributed by atoms with E-state index in [1.165, 1.54) is 4.80 Å². The quantitative estimate of drug-likeness (QED) is 0.486. The van der Waals surface area contributed by atoms with Gasteiger partial charge < -0.3 is 4.57 Å². The number of rotatable bonds is 5. The molecule has 0 spiro atoms. The van der Waals surface area contributed by atoms with Crippen molar-refractivity contribution in [2.75, 3.05) is 0 Å². The molecule has 8 heteroatoms. The van der Waals surface area contributed by atoms with Gasteiger partial charge in [0.2, 0.25) is 0 Å². The van der Waals surface area contributed by atoms with Crippen LogP contribution in [0.4, 0.5) is 0 Å². The van der Waals surface area contributed by atoms with Crippen LogP contribution in [0.1, 0.15) is 5.82 Å². The standard InChI is InChI=1S/C12H16N8/c1-19-17-12(16-18-19)6-9(15-13)7-20-8-14-10-4-2-3-5-11(10)20/h2-5,8-9,15H,6-7,13H2,1H3. The lowest BCUT2D eigenvalue weighted by molar-refractivity contribution is 0.452. The van der Waals surface area contributed by atoms with E-state index in [0.29, 0.717) is 18.8 Å². The summed E-state index contributed by atoms with van der Waals surface area (Å²) in [4.78, 5) is 5.80. The lowest BCUT2D eigenvalue weighted by atomic mass is 10.2. The van der Waals surface area contributed by atoms with Gasteiger partial charge in [0.15, 0.2) is 5.82 Å². The third-order valence-electron chi connectivity index (χ3n) is 3.16. The van der Waals surface area contributed by atoms with E-state index < -0.39 is 0 Å². The zero-order valence-electron chi connectivity index (χ0n) is 11.1. The van der Waals surface area contributed by atoms with E-state index >= 15 is 0 Å². The van der Waals surface area contributed by atoms with Crippen LogP contribution in [0.5, 0.6) is 0 Å². The van der Waals surface area contributed by atoms with Crippen LogP contribution in [0, 0.1) is 0 Å². The molecule has 0 aliphatic carbocycles. The molecular formula is C12H16N8. The number of nitrogens with one attached hydrogen (secondary N) is 1. The van der Waals surface area contributed by atoms with Crippen molar-refractivity contribution >= 4 is 11.0 Å². The van der Waals surface area contributed by atoms with Gasteiger partial charge in [-0.15, -0.1) is 10.2 Å². The van der Waals surface area contributed by atoms with Gasteiger partial charge in [-0.05, 0) is 17.3 Å². The van der Waals surface area contributed by atoms with Crippen molar-refractivity contribution in [1.82, 2.24) is 35.2 Å². The third-order valence-corrected chi connectivity index (χ3v) is 3.16. The summed E-state index contributed by atoms with van der Waals surface area (Å²) in [5, 5.41) is 12.0. The number of tetrazole rings is 1. The molecule has 2 heterocycles. The van der Waals surface area contributed by atoms with E-state index in [1.807, 2.05) is 30.6 Å². The first kappa shape index (κ1) is 12.7. The summed E-state index contributed by atoms with van der Waals surface area (Å²) in [6.45, 7) is 0.690. The maximum atomic E-state index is 5.62. The number of hydrogen-bond acceptors (Lipinski definition) is 6. The molecular weight excluding hydrogens is 256 g/mol.